The van der Waals surface area contributed by atoms with Crippen LogP contribution >= 0.6 is 0 Å². The number of pyridine rings is 1. The number of carbonyl (C=O) groups excluding carboxylic acids is 2. The quantitative estimate of drug-likeness (QED) is 0.360. The molecule has 1 aliphatic heterocycles. The van der Waals surface area contributed by atoms with Gasteiger partial charge in [-0.15, -0.1) is 0 Å². The van der Waals surface area contributed by atoms with Crippen molar-refractivity contribution in [3.05, 3.63) is 84.2 Å². The Kier molecular flexibility index (Phi) is 6.04. The standard InChI is InChI=1S/C27H23N3O6S/c1-4-29-22-12-13-24(19-8-5-9-20(25(19)22)27(29)32)37(33,34)30(26(31)17-7-6-14-28-16-17)21-11-10-18(35-2)15-23(21)36-3/h5-16H,4H2,1-3H3. The fraction of sp³-hybridized carbons (Fsp3) is 0.148. The van der Waals surface area contributed by atoms with Crippen LogP contribution in [-0.2, 0) is 10.0 Å². The molecule has 0 saturated heterocycles. The normalized spacial score (nSPS) is 12.6. The van der Waals surface area contributed by atoms with Gasteiger partial charge in [0.15, 0.2) is 0 Å². The van der Waals surface area contributed by atoms with E-state index < -0.39 is 15.9 Å². The van der Waals surface area contributed by atoms with Crippen molar-refractivity contribution in [2.24, 2.45) is 0 Å². The molecule has 0 atom stereocenters. The molecule has 4 aromatic rings. The number of carbonyl (C=O) groups is 2. The van der Waals surface area contributed by atoms with Gasteiger partial charge in [-0.05, 0) is 49.4 Å². The van der Waals surface area contributed by atoms with E-state index in [2.05, 4.69) is 4.98 Å². The molecule has 5 rings (SSSR count). The van der Waals surface area contributed by atoms with E-state index in [0.29, 0.717) is 38.6 Å². The molecule has 0 unspecified atom stereocenters. The summed E-state index contributed by atoms with van der Waals surface area (Å²) < 4.78 is 40.1. The first-order valence-corrected chi connectivity index (χ1v) is 12.9. The molecule has 9 nitrogen and oxygen atoms in total. The van der Waals surface area contributed by atoms with Crippen LogP contribution < -0.4 is 18.7 Å². The lowest BCUT2D eigenvalue weighted by molar-refractivity contribution is 0.0990. The van der Waals surface area contributed by atoms with Crippen molar-refractivity contribution in [2.75, 3.05) is 30.0 Å². The largest absolute Gasteiger partial charge is 0.497 e. The third-order valence-corrected chi connectivity index (χ3v) is 8.03. The lowest BCUT2D eigenvalue weighted by Crippen LogP contribution is -2.37. The molecule has 0 aliphatic carbocycles. The Morgan fingerprint density at radius 1 is 1.03 bits per heavy atom. The maximum absolute atomic E-state index is 14.4. The van der Waals surface area contributed by atoms with Crippen molar-refractivity contribution in [2.45, 2.75) is 11.8 Å². The van der Waals surface area contributed by atoms with Gasteiger partial charge in [-0.1, -0.05) is 12.1 Å². The van der Waals surface area contributed by atoms with E-state index >= 15 is 0 Å². The average molecular weight is 518 g/mol. The first kappa shape index (κ1) is 24.3. The molecule has 1 aliphatic rings. The van der Waals surface area contributed by atoms with Crippen LogP contribution in [0.5, 0.6) is 11.5 Å². The molecule has 2 amide bonds. The Labute approximate surface area is 213 Å². The van der Waals surface area contributed by atoms with Crippen molar-refractivity contribution in [1.29, 1.82) is 0 Å². The summed E-state index contributed by atoms with van der Waals surface area (Å²) in [5.74, 6) is -0.461. The number of aromatic nitrogens is 1. The van der Waals surface area contributed by atoms with Gasteiger partial charge in [-0.2, -0.15) is 4.31 Å². The third-order valence-electron chi connectivity index (χ3n) is 6.28. The van der Waals surface area contributed by atoms with Crippen LogP contribution in [0, 0.1) is 0 Å². The molecule has 3 aromatic carbocycles. The van der Waals surface area contributed by atoms with Crippen LogP contribution in [0.3, 0.4) is 0 Å². The molecule has 188 valence electrons. The van der Waals surface area contributed by atoms with Crippen molar-refractivity contribution in [1.82, 2.24) is 4.98 Å². The lowest BCUT2D eigenvalue weighted by atomic mass is 10.1. The summed E-state index contributed by atoms with van der Waals surface area (Å²) in [6.07, 6.45) is 2.79. The van der Waals surface area contributed by atoms with Crippen LogP contribution in [-0.4, -0.2) is 46.0 Å². The van der Waals surface area contributed by atoms with Gasteiger partial charge in [-0.3, -0.25) is 14.6 Å². The monoisotopic (exact) mass is 517 g/mol. The molecular formula is C27H23N3O6S. The number of amides is 2. The van der Waals surface area contributed by atoms with Crippen molar-refractivity contribution in [3.63, 3.8) is 0 Å². The van der Waals surface area contributed by atoms with Crippen LogP contribution in [0.2, 0.25) is 0 Å². The Morgan fingerprint density at radius 3 is 2.51 bits per heavy atom. The summed E-state index contributed by atoms with van der Waals surface area (Å²) in [5, 5.41) is 0.877. The number of sulfonamides is 1. The number of hydrogen-bond donors (Lipinski definition) is 0. The fourth-order valence-corrected chi connectivity index (χ4v) is 6.18. The first-order valence-electron chi connectivity index (χ1n) is 11.4. The number of ether oxygens (including phenoxy) is 2. The minimum absolute atomic E-state index is 0.00617. The molecule has 0 saturated carbocycles. The molecular weight excluding hydrogens is 494 g/mol. The van der Waals surface area contributed by atoms with Gasteiger partial charge in [0.1, 0.15) is 17.2 Å². The van der Waals surface area contributed by atoms with Gasteiger partial charge >= 0.3 is 0 Å². The predicted molar refractivity (Wildman–Crippen MR) is 139 cm³/mol. The number of hydrogen-bond acceptors (Lipinski definition) is 7. The third kappa shape index (κ3) is 3.77. The van der Waals surface area contributed by atoms with Crippen LogP contribution in [0.4, 0.5) is 11.4 Å². The summed E-state index contributed by atoms with van der Waals surface area (Å²) >= 11 is 0. The summed E-state index contributed by atoms with van der Waals surface area (Å²) in [6.45, 7) is 2.29. The zero-order valence-electron chi connectivity index (χ0n) is 20.3. The van der Waals surface area contributed by atoms with Gasteiger partial charge in [-0.25, -0.2) is 8.42 Å². The summed E-state index contributed by atoms with van der Waals surface area (Å²) in [4.78, 5) is 32.2. The zero-order chi connectivity index (χ0) is 26.3. The maximum atomic E-state index is 14.4. The Morgan fingerprint density at radius 2 is 1.84 bits per heavy atom. The van der Waals surface area contributed by atoms with E-state index in [1.807, 2.05) is 6.92 Å². The second-order valence-electron chi connectivity index (χ2n) is 8.21. The van der Waals surface area contributed by atoms with E-state index in [4.69, 9.17) is 9.47 Å². The van der Waals surface area contributed by atoms with E-state index in [-0.39, 0.29) is 27.8 Å². The Balaban J connectivity index is 1.78. The smallest absolute Gasteiger partial charge is 0.274 e. The first-order chi connectivity index (χ1) is 17.8. The molecule has 37 heavy (non-hydrogen) atoms. The van der Waals surface area contributed by atoms with Crippen molar-refractivity contribution >= 4 is 44.0 Å². The highest BCUT2D eigenvalue weighted by Crippen LogP contribution is 2.42. The zero-order valence-corrected chi connectivity index (χ0v) is 21.2. The van der Waals surface area contributed by atoms with Gasteiger partial charge in [0, 0.05) is 41.3 Å². The van der Waals surface area contributed by atoms with Gasteiger partial charge in [0.25, 0.3) is 21.8 Å². The maximum Gasteiger partial charge on any atom is 0.274 e. The number of anilines is 2. The highest BCUT2D eigenvalue weighted by Gasteiger charge is 2.37. The summed E-state index contributed by atoms with van der Waals surface area (Å²) in [6, 6.07) is 15.5. The van der Waals surface area contributed by atoms with Crippen molar-refractivity contribution < 1.29 is 27.5 Å². The Hall–Kier alpha value is -4.44. The molecule has 10 heteroatoms. The number of benzene rings is 3. The molecule has 0 N–H and O–H groups in total. The van der Waals surface area contributed by atoms with E-state index in [9.17, 15) is 18.0 Å². The molecule has 1 aromatic heterocycles. The minimum Gasteiger partial charge on any atom is -0.497 e. The minimum atomic E-state index is -4.52. The van der Waals surface area contributed by atoms with E-state index in [1.54, 1.807) is 41.3 Å². The molecule has 0 bridgehead atoms. The summed E-state index contributed by atoms with van der Waals surface area (Å²) in [7, 11) is -1.68. The second kappa shape index (κ2) is 9.21. The molecule has 0 spiro atoms. The van der Waals surface area contributed by atoms with Crippen LogP contribution in [0.15, 0.2) is 78.0 Å². The molecule has 2 heterocycles. The molecule has 0 radical (unpaired) electrons. The van der Waals surface area contributed by atoms with Gasteiger partial charge < -0.3 is 14.4 Å². The van der Waals surface area contributed by atoms with Gasteiger partial charge in [0.05, 0.1) is 30.4 Å². The highest BCUT2D eigenvalue weighted by atomic mass is 32.2. The van der Waals surface area contributed by atoms with Crippen LogP contribution in [0.25, 0.3) is 10.8 Å². The number of rotatable bonds is 7. The highest BCUT2D eigenvalue weighted by molar-refractivity contribution is 7.93. The fourth-order valence-electron chi connectivity index (χ4n) is 4.56. The number of nitrogens with zero attached hydrogens (tertiary/aromatic N) is 3. The van der Waals surface area contributed by atoms with E-state index in [1.165, 1.54) is 50.9 Å². The molecule has 0 fully saturated rings. The van der Waals surface area contributed by atoms with Crippen LogP contribution in [0.1, 0.15) is 27.6 Å². The van der Waals surface area contributed by atoms with Crippen molar-refractivity contribution in [3.8, 4) is 11.5 Å². The topological polar surface area (TPSA) is 106 Å². The predicted octanol–water partition coefficient (Wildman–Crippen LogP) is 4.27. The van der Waals surface area contributed by atoms with E-state index in [0.717, 1.165) is 0 Å². The summed E-state index contributed by atoms with van der Waals surface area (Å²) in [5.41, 5.74) is 1.12. The SMILES string of the molecule is CCN1C(=O)c2cccc3c(S(=O)(=O)N(C(=O)c4cccnc4)c4ccc(OC)cc4OC)ccc1c23. The second-order valence-corrected chi connectivity index (χ2v) is 9.97. The number of methoxy groups -OCH3 is 2. The van der Waals surface area contributed by atoms with Gasteiger partial charge in [0.2, 0.25) is 0 Å². The Bertz CT molecular complexity index is 1650. The lowest BCUT2D eigenvalue weighted by Gasteiger charge is -2.25. The average Bonchev–Trinajstić information content (AvgIpc) is 3.21.